The zero-order valence-corrected chi connectivity index (χ0v) is 14.0. The van der Waals surface area contributed by atoms with Crippen LogP contribution in [0.4, 0.5) is 4.39 Å². The van der Waals surface area contributed by atoms with Crippen LogP contribution in [-0.2, 0) is 6.54 Å². The lowest BCUT2D eigenvalue weighted by atomic mass is 9.53. The smallest absolute Gasteiger partial charge is 0.123 e. The van der Waals surface area contributed by atoms with Gasteiger partial charge < -0.3 is 5.32 Å². The molecule has 4 aliphatic rings. The van der Waals surface area contributed by atoms with E-state index in [4.69, 9.17) is 0 Å². The van der Waals surface area contributed by atoms with Crippen molar-refractivity contribution in [1.29, 1.82) is 0 Å². The zero-order chi connectivity index (χ0) is 16.1. The molecule has 6 rings (SSSR count). The number of hydrogen-bond donors (Lipinski definition) is 2. The van der Waals surface area contributed by atoms with Crippen LogP contribution in [0.5, 0.6) is 0 Å². The van der Waals surface area contributed by atoms with E-state index in [1.165, 1.54) is 56.2 Å². The molecule has 0 saturated heterocycles. The van der Waals surface area contributed by atoms with Crippen LogP contribution >= 0.6 is 0 Å². The largest absolute Gasteiger partial charge is 0.338 e. The Labute approximate surface area is 142 Å². The quantitative estimate of drug-likeness (QED) is 0.890. The van der Waals surface area contributed by atoms with Crippen molar-refractivity contribution < 1.29 is 9.71 Å². The molecule has 0 unspecified atom stereocenters. The first-order valence-corrected chi connectivity index (χ1v) is 9.32. The number of quaternary nitrogens is 1. The van der Waals surface area contributed by atoms with Crippen molar-refractivity contribution in [2.24, 2.45) is 17.8 Å². The molecule has 0 spiro atoms. The van der Waals surface area contributed by atoms with Gasteiger partial charge in [-0.3, -0.25) is 5.10 Å². The van der Waals surface area contributed by atoms with Crippen LogP contribution < -0.4 is 5.32 Å². The van der Waals surface area contributed by atoms with Crippen molar-refractivity contribution in [3.63, 3.8) is 0 Å². The van der Waals surface area contributed by atoms with Gasteiger partial charge in [0.15, 0.2) is 0 Å². The van der Waals surface area contributed by atoms with Crippen molar-refractivity contribution in [2.45, 2.75) is 50.6 Å². The van der Waals surface area contributed by atoms with E-state index in [0.29, 0.717) is 5.54 Å². The van der Waals surface area contributed by atoms with Crippen LogP contribution in [0.2, 0.25) is 0 Å². The molecule has 0 aliphatic heterocycles. The second-order valence-electron chi connectivity index (χ2n) is 8.47. The molecule has 0 radical (unpaired) electrons. The minimum absolute atomic E-state index is 0.194. The van der Waals surface area contributed by atoms with Crippen molar-refractivity contribution >= 4 is 0 Å². The molecule has 2 aromatic rings. The summed E-state index contributed by atoms with van der Waals surface area (Å²) < 4.78 is 13.2. The van der Waals surface area contributed by atoms with Crippen molar-refractivity contribution in [1.82, 2.24) is 10.2 Å². The summed E-state index contributed by atoms with van der Waals surface area (Å²) in [5.41, 5.74) is 3.77. The molecule has 4 heteroatoms. The first-order chi connectivity index (χ1) is 11.7. The maximum atomic E-state index is 13.2. The number of aromatic amines is 1. The van der Waals surface area contributed by atoms with Crippen LogP contribution in [-0.4, -0.2) is 15.7 Å². The molecule has 4 saturated carbocycles. The van der Waals surface area contributed by atoms with Gasteiger partial charge in [-0.1, -0.05) is 0 Å². The summed E-state index contributed by atoms with van der Waals surface area (Å²) >= 11 is 0. The normalized spacial score (nSPS) is 34.0. The first kappa shape index (κ1) is 14.6. The second kappa shape index (κ2) is 5.41. The van der Waals surface area contributed by atoms with E-state index >= 15 is 0 Å². The summed E-state index contributed by atoms with van der Waals surface area (Å²) in [5.74, 6) is 2.75. The molecule has 0 atom stereocenters. The predicted octanol–water partition coefficient (Wildman–Crippen LogP) is 3.25. The van der Waals surface area contributed by atoms with Gasteiger partial charge in [-0.15, -0.1) is 0 Å². The highest BCUT2D eigenvalue weighted by molar-refractivity contribution is 5.62. The number of nitrogens with one attached hydrogen (secondary N) is 1. The van der Waals surface area contributed by atoms with E-state index in [1.807, 2.05) is 18.3 Å². The highest BCUT2D eigenvalue weighted by Gasteiger charge is 2.53. The van der Waals surface area contributed by atoms with E-state index in [9.17, 15) is 4.39 Å². The third kappa shape index (κ3) is 2.48. The Bertz CT molecular complexity index is 698. The Morgan fingerprint density at radius 2 is 1.67 bits per heavy atom. The van der Waals surface area contributed by atoms with E-state index in [-0.39, 0.29) is 5.82 Å². The molecular weight excluding hydrogens is 301 g/mol. The van der Waals surface area contributed by atoms with E-state index in [0.717, 1.165) is 35.6 Å². The molecule has 1 heterocycles. The minimum atomic E-state index is -0.194. The number of H-pyrrole nitrogens is 1. The maximum absolute atomic E-state index is 13.2. The summed E-state index contributed by atoms with van der Waals surface area (Å²) in [6.45, 7) is 0.968. The predicted molar refractivity (Wildman–Crippen MR) is 90.5 cm³/mol. The lowest BCUT2D eigenvalue weighted by molar-refractivity contribution is -0.752. The van der Waals surface area contributed by atoms with Crippen molar-refractivity contribution in [3.05, 3.63) is 41.8 Å². The van der Waals surface area contributed by atoms with Gasteiger partial charge in [0.1, 0.15) is 12.4 Å². The Morgan fingerprint density at radius 3 is 2.29 bits per heavy atom. The van der Waals surface area contributed by atoms with E-state index in [2.05, 4.69) is 15.5 Å². The number of benzene rings is 1. The molecule has 126 valence electrons. The van der Waals surface area contributed by atoms with E-state index in [1.54, 1.807) is 0 Å². The minimum Gasteiger partial charge on any atom is -0.338 e. The molecule has 0 amide bonds. The van der Waals surface area contributed by atoms with Gasteiger partial charge in [0.25, 0.3) is 0 Å². The SMILES string of the molecule is Fc1ccc(-c2[nH]ncc2C[NH2+]C23CC4CC(CC(C4)C2)C3)cc1. The molecule has 24 heavy (non-hydrogen) atoms. The lowest BCUT2D eigenvalue weighted by Gasteiger charge is -2.54. The Balaban J connectivity index is 1.34. The van der Waals surface area contributed by atoms with Crippen LogP contribution in [0.3, 0.4) is 0 Å². The van der Waals surface area contributed by atoms with Crippen LogP contribution in [0.15, 0.2) is 30.5 Å². The monoisotopic (exact) mass is 326 g/mol. The molecule has 4 aliphatic carbocycles. The fourth-order valence-corrected chi connectivity index (χ4v) is 6.09. The fourth-order valence-electron chi connectivity index (χ4n) is 6.09. The molecule has 4 fully saturated rings. The first-order valence-electron chi connectivity index (χ1n) is 9.32. The Morgan fingerprint density at radius 1 is 1.04 bits per heavy atom. The fraction of sp³-hybridized carbons (Fsp3) is 0.550. The number of nitrogens with two attached hydrogens (primary N) is 1. The van der Waals surface area contributed by atoms with Gasteiger partial charge in [-0.25, -0.2) is 4.39 Å². The third-order valence-corrected chi connectivity index (χ3v) is 6.69. The summed E-state index contributed by atoms with van der Waals surface area (Å²) in [5, 5.41) is 9.96. The average Bonchev–Trinajstić information content (AvgIpc) is 3.01. The van der Waals surface area contributed by atoms with Gasteiger partial charge in [0.2, 0.25) is 0 Å². The highest BCUT2D eigenvalue weighted by Crippen LogP contribution is 2.54. The maximum Gasteiger partial charge on any atom is 0.123 e. The number of rotatable bonds is 4. The van der Waals surface area contributed by atoms with Gasteiger partial charge in [-0.2, -0.15) is 5.10 Å². The van der Waals surface area contributed by atoms with Crippen molar-refractivity contribution in [3.8, 4) is 11.3 Å². The van der Waals surface area contributed by atoms with E-state index < -0.39 is 0 Å². The van der Waals surface area contributed by atoms with Crippen LogP contribution in [0, 0.1) is 23.6 Å². The number of hydrogen-bond acceptors (Lipinski definition) is 1. The average molecular weight is 326 g/mol. The van der Waals surface area contributed by atoms with Gasteiger partial charge in [0, 0.05) is 24.8 Å². The summed E-state index contributed by atoms with van der Waals surface area (Å²) in [7, 11) is 0. The second-order valence-corrected chi connectivity index (χ2v) is 8.47. The molecule has 1 aromatic carbocycles. The summed E-state index contributed by atoms with van der Waals surface area (Å²) in [6.07, 6.45) is 10.6. The number of aromatic nitrogens is 2. The Kier molecular flexibility index (Phi) is 3.30. The topological polar surface area (TPSA) is 45.3 Å². The van der Waals surface area contributed by atoms with Gasteiger partial charge >= 0.3 is 0 Å². The summed E-state index contributed by atoms with van der Waals surface area (Å²) in [6, 6.07) is 6.69. The molecule has 4 bridgehead atoms. The molecule has 3 N–H and O–H groups in total. The van der Waals surface area contributed by atoms with Gasteiger partial charge in [-0.05, 0) is 61.3 Å². The standard InChI is InChI=1S/C20H24FN3/c21-18-3-1-16(2-4-18)19-17(12-23-24-19)11-22-20-8-13-5-14(9-20)7-15(6-13)10-20/h1-4,12-15,22H,5-11H2,(H,23,24)/p+1. The third-order valence-electron chi connectivity index (χ3n) is 6.69. The number of nitrogens with zero attached hydrogens (tertiary/aromatic N) is 1. The van der Waals surface area contributed by atoms with Crippen LogP contribution in [0.25, 0.3) is 11.3 Å². The molecule has 1 aromatic heterocycles. The highest BCUT2D eigenvalue weighted by atomic mass is 19.1. The zero-order valence-electron chi connectivity index (χ0n) is 14.0. The Hall–Kier alpha value is -1.68. The van der Waals surface area contributed by atoms with Crippen LogP contribution in [0.1, 0.15) is 44.1 Å². The van der Waals surface area contributed by atoms with Crippen molar-refractivity contribution in [2.75, 3.05) is 0 Å². The van der Waals surface area contributed by atoms with Gasteiger partial charge in [0.05, 0.1) is 23.0 Å². The number of halogens is 1. The molecule has 3 nitrogen and oxygen atoms in total. The lowest BCUT2D eigenvalue weighted by Crippen LogP contribution is -2.97. The summed E-state index contributed by atoms with van der Waals surface area (Å²) in [4.78, 5) is 0. The molecular formula is C20H25FN3+.